The van der Waals surface area contributed by atoms with Gasteiger partial charge in [-0.15, -0.1) is 0 Å². The summed E-state index contributed by atoms with van der Waals surface area (Å²) in [7, 11) is 0. The van der Waals surface area contributed by atoms with Gasteiger partial charge in [0.05, 0.1) is 6.54 Å². The van der Waals surface area contributed by atoms with Crippen LogP contribution < -0.4 is 21.9 Å². The smallest absolute Gasteiger partial charge is 0.239 e. The molecule has 1 aromatic heterocycles. The zero-order chi connectivity index (χ0) is 15.0. The molecule has 0 aromatic carbocycles. The zero-order valence-electron chi connectivity index (χ0n) is 12.4. The van der Waals surface area contributed by atoms with Crippen molar-refractivity contribution in [1.29, 1.82) is 0 Å². The first kappa shape index (κ1) is 16.2. The van der Waals surface area contributed by atoms with Crippen LogP contribution in [0.1, 0.15) is 33.0 Å². The fourth-order valence-electron chi connectivity index (χ4n) is 1.55. The lowest BCUT2D eigenvalue weighted by Crippen LogP contribution is -2.32. The quantitative estimate of drug-likeness (QED) is 0.416. The Kier molecular flexibility index (Phi) is 6.72. The number of rotatable bonds is 8. The van der Waals surface area contributed by atoms with Gasteiger partial charge in [0, 0.05) is 19.0 Å². The van der Waals surface area contributed by atoms with Gasteiger partial charge in [-0.2, -0.15) is 0 Å². The maximum atomic E-state index is 11.6. The average molecular weight is 280 g/mol. The van der Waals surface area contributed by atoms with Gasteiger partial charge < -0.3 is 16.1 Å². The number of nitrogens with zero attached hydrogens (tertiary/aromatic N) is 2. The van der Waals surface area contributed by atoms with Crippen molar-refractivity contribution in [3.8, 4) is 0 Å². The zero-order valence-corrected chi connectivity index (χ0v) is 12.4. The highest BCUT2D eigenvalue weighted by molar-refractivity contribution is 5.80. The van der Waals surface area contributed by atoms with Gasteiger partial charge in [0.1, 0.15) is 17.5 Å². The van der Waals surface area contributed by atoms with Crippen molar-refractivity contribution in [1.82, 2.24) is 15.3 Å². The maximum absolute atomic E-state index is 11.6. The van der Waals surface area contributed by atoms with Gasteiger partial charge in [-0.3, -0.25) is 4.79 Å². The second-order valence-corrected chi connectivity index (χ2v) is 5.00. The Labute approximate surface area is 119 Å². The number of hydrogen-bond donors (Lipinski definition) is 4. The van der Waals surface area contributed by atoms with Crippen molar-refractivity contribution < 1.29 is 4.79 Å². The second kappa shape index (κ2) is 8.31. The highest BCUT2D eigenvalue weighted by atomic mass is 16.1. The molecule has 0 spiro atoms. The van der Waals surface area contributed by atoms with Crippen LogP contribution in [0, 0.1) is 5.92 Å². The van der Waals surface area contributed by atoms with Crippen LogP contribution in [-0.2, 0) is 11.2 Å². The number of amides is 1. The third kappa shape index (κ3) is 5.83. The van der Waals surface area contributed by atoms with Crippen molar-refractivity contribution in [3.63, 3.8) is 0 Å². The standard InChI is InChI=1S/C13H24N6O/c1-4-5-10-17-11(6-12(18-10)19-14)15-8-13(20)16-7-9(2)3/h6,9H,4-5,7-8,14H2,1-3H3,(H,16,20)(H2,15,17,18,19). The predicted molar refractivity (Wildman–Crippen MR) is 80.2 cm³/mol. The summed E-state index contributed by atoms with van der Waals surface area (Å²) in [5.41, 5.74) is 2.50. The van der Waals surface area contributed by atoms with E-state index in [0.29, 0.717) is 29.9 Å². The molecule has 1 rings (SSSR count). The largest absolute Gasteiger partial charge is 0.361 e. The molecule has 0 atom stereocenters. The molecular formula is C13H24N6O. The molecule has 1 aromatic rings. The van der Waals surface area contributed by atoms with Crippen LogP contribution in [0.3, 0.4) is 0 Å². The van der Waals surface area contributed by atoms with Crippen LogP contribution >= 0.6 is 0 Å². The molecule has 5 N–H and O–H groups in total. The molecule has 1 heterocycles. The molecule has 20 heavy (non-hydrogen) atoms. The Balaban J connectivity index is 2.58. The molecule has 0 aliphatic heterocycles. The first-order chi connectivity index (χ1) is 9.55. The summed E-state index contributed by atoms with van der Waals surface area (Å²) >= 11 is 0. The van der Waals surface area contributed by atoms with E-state index in [-0.39, 0.29) is 12.5 Å². The van der Waals surface area contributed by atoms with Gasteiger partial charge in [0.15, 0.2) is 0 Å². The Morgan fingerprint density at radius 2 is 2.05 bits per heavy atom. The summed E-state index contributed by atoms with van der Waals surface area (Å²) in [6.45, 7) is 7.00. The fraction of sp³-hybridized carbons (Fsp3) is 0.615. The van der Waals surface area contributed by atoms with E-state index in [1.54, 1.807) is 6.07 Å². The van der Waals surface area contributed by atoms with E-state index in [2.05, 4.69) is 33.0 Å². The highest BCUT2D eigenvalue weighted by Gasteiger charge is 2.06. The van der Waals surface area contributed by atoms with Gasteiger partial charge in [-0.05, 0) is 12.3 Å². The molecule has 0 fully saturated rings. The van der Waals surface area contributed by atoms with Crippen LogP contribution in [0.15, 0.2) is 6.07 Å². The van der Waals surface area contributed by atoms with Crippen LogP contribution in [0.4, 0.5) is 11.6 Å². The normalized spacial score (nSPS) is 10.4. The summed E-state index contributed by atoms with van der Waals surface area (Å²) in [4.78, 5) is 20.2. The number of hydrazine groups is 1. The summed E-state index contributed by atoms with van der Waals surface area (Å²) in [5, 5.41) is 5.82. The topological polar surface area (TPSA) is 105 Å². The van der Waals surface area contributed by atoms with Gasteiger partial charge in [0.25, 0.3) is 0 Å². The molecule has 112 valence electrons. The van der Waals surface area contributed by atoms with Crippen LogP contribution in [0.2, 0.25) is 0 Å². The monoisotopic (exact) mass is 280 g/mol. The van der Waals surface area contributed by atoms with E-state index in [1.807, 2.05) is 13.8 Å². The molecular weight excluding hydrogens is 256 g/mol. The summed E-state index contributed by atoms with van der Waals surface area (Å²) in [6, 6.07) is 1.68. The van der Waals surface area contributed by atoms with E-state index < -0.39 is 0 Å². The first-order valence-electron chi connectivity index (χ1n) is 6.90. The molecule has 0 aliphatic rings. The molecule has 1 amide bonds. The van der Waals surface area contributed by atoms with Gasteiger partial charge >= 0.3 is 0 Å². The highest BCUT2D eigenvalue weighted by Crippen LogP contribution is 2.11. The van der Waals surface area contributed by atoms with Crippen molar-refractivity contribution in [2.75, 3.05) is 23.8 Å². The van der Waals surface area contributed by atoms with E-state index in [4.69, 9.17) is 5.84 Å². The lowest BCUT2D eigenvalue weighted by atomic mass is 10.2. The summed E-state index contributed by atoms with van der Waals surface area (Å²) < 4.78 is 0. The number of aromatic nitrogens is 2. The van der Waals surface area contributed by atoms with E-state index in [0.717, 1.165) is 12.8 Å². The minimum atomic E-state index is -0.0587. The molecule has 0 saturated heterocycles. The van der Waals surface area contributed by atoms with Gasteiger partial charge in [0.2, 0.25) is 5.91 Å². The number of carbonyl (C=O) groups excluding carboxylic acids is 1. The van der Waals surface area contributed by atoms with E-state index in [1.165, 1.54) is 0 Å². The average Bonchev–Trinajstić information content (AvgIpc) is 2.43. The molecule has 0 aliphatic carbocycles. The second-order valence-electron chi connectivity index (χ2n) is 5.00. The van der Waals surface area contributed by atoms with Gasteiger partial charge in [-0.1, -0.05) is 20.8 Å². The number of anilines is 2. The Morgan fingerprint density at radius 3 is 2.65 bits per heavy atom. The SMILES string of the molecule is CCCc1nc(NN)cc(NCC(=O)NCC(C)C)n1. The van der Waals surface area contributed by atoms with Gasteiger partial charge in [-0.25, -0.2) is 15.8 Å². The van der Waals surface area contributed by atoms with Crippen molar-refractivity contribution in [3.05, 3.63) is 11.9 Å². The third-order valence-corrected chi connectivity index (χ3v) is 2.53. The maximum Gasteiger partial charge on any atom is 0.239 e. The molecule has 7 nitrogen and oxygen atoms in total. The molecule has 0 radical (unpaired) electrons. The van der Waals surface area contributed by atoms with E-state index in [9.17, 15) is 4.79 Å². The molecule has 7 heteroatoms. The number of hydrogen-bond acceptors (Lipinski definition) is 6. The number of nitrogen functional groups attached to an aromatic ring is 1. The predicted octanol–water partition coefficient (Wildman–Crippen LogP) is 0.899. The first-order valence-corrected chi connectivity index (χ1v) is 6.90. The molecule has 0 unspecified atom stereocenters. The van der Waals surface area contributed by atoms with Crippen molar-refractivity contribution in [2.24, 2.45) is 11.8 Å². The summed E-state index contributed by atoms with van der Waals surface area (Å²) in [5.74, 6) is 7.58. The Bertz CT molecular complexity index is 435. The lowest BCUT2D eigenvalue weighted by Gasteiger charge is -2.10. The number of nitrogens with one attached hydrogen (secondary N) is 3. The number of aryl methyl sites for hydroxylation is 1. The minimum absolute atomic E-state index is 0.0587. The van der Waals surface area contributed by atoms with Crippen LogP contribution in [0.25, 0.3) is 0 Å². The fourth-order valence-corrected chi connectivity index (χ4v) is 1.55. The van der Waals surface area contributed by atoms with Crippen molar-refractivity contribution >= 4 is 17.5 Å². The number of nitrogens with two attached hydrogens (primary N) is 1. The third-order valence-electron chi connectivity index (χ3n) is 2.53. The lowest BCUT2D eigenvalue weighted by molar-refractivity contribution is -0.119. The Morgan fingerprint density at radius 1 is 1.35 bits per heavy atom. The van der Waals surface area contributed by atoms with E-state index >= 15 is 0 Å². The van der Waals surface area contributed by atoms with Crippen molar-refractivity contribution in [2.45, 2.75) is 33.6 Å². The molecule has 0 saturated carbocycles. The number of carbonyl (C=O) groups is 1. The Hall–Kier alpha value is -1.89. The minimum Gasteiger partial charge on any atom is -0.361 e. The molecule has 0 bridgehead atoms. The van der Waals surface area contributed by atoms with Crippen LogP contribution in [0.5, 0.6) is 0 Å². The van der Waals surface area contributed by atoms with Crippen LogP contribution in [-0.4, -0.2) is 29.0 Å². The summed E-state index contributed by atoms with van der Waals surface area (Å²) in [6.07, 6.45) is 1.71.